The molecule has 5 heteroatoms. The maximum atomic E-state index is 11.1. The molecule has 13 heavy (non-hydrogen) atoms. The molecule has 1 heterocycles. The van der Waals surface area contributed by atoms with E-state index in [1.807, 2.05) is 0 Å². The third-order valence-corrected chi connectivity index (χ3v) is 2.53. The van der Waals surface area contributed by atoms with Gasteiger partial charge in [0.05, 0.1) is 11.7 Å². The van der Waals surface area contributed by atoms with Crippen molar-refractivity contribution in [3.63, 3.8) is 0 Å². The van der Waals surface area contributed by atoms with Gasteiger partial charge in [-0.15, -0.1) is 0 Å². The van der Waals surface area contributed by atoms with Gasteiger partial charge in [0, 0.05) is 12.2 Å². The van der Waals surface area contributed by atoms with Crippen molar-refractivity contribution in [3.05, 3.63) is 10.8 Å². The Balaban J connectivity index is 2.65. The molecule has 0 spiro atoms. The standard InChI is InChI=1S/C8H13BrN2O2/c1-6(2)11-5-10(4-7(11)9)8(12)13-3/h4,6H,5H2,1-3H3. The number of nitrogens with zero attached hydrogens (tertiary/aromatic N) is 2. The lowest BCUT2D eigenvalue weighted by molar-refractivity contribution is 0.127. The van der Waals surface area contributed by atoms with Crippen molar-refractivity contribution >= 4 is 22.0 Å². The minimum atomic E-state index is -0.333. The fourth-order valence-electron chi connectivity index (χ4n) is 1.11. The summed E-state index contributed by atoms with van der Waals surface area (Å²) in [4.78, 5) is 14.7. The van der Waals surface area contributed by atoms with E-state index in [1.165, 1.54) is 12.0 Å². The number of amides is 1. The van der Waals surface area contributed by atoms with E-state index in [0.29, 0.717) is 12.7 Å². The average molecular weight is 249 g/mol. The summed E-state index contributed by atoms with van der Waals surface area (Å²) in [7, 11) is 1.38. The van der Waals surface area contributed by atoms with Gasteiger partial charge in [-0.25, -0.2) is 4.79 Å². The highest BCUT2D eigenvalue weighted by Crippen LogP contribution is 2.23. The third kappa shape index (κ3) is 2.15. The molecule has 0 aromatic carbocycles. The van der Waals surface area contributed by atoms with E-state index in [4.69, 9.17) is 0 Å². The number of methoxy groups -OCH3 is 1. The van der Waals surface area contributed by atoms with E-state index in [0.717, 1.165) is 4.61 Å². The lowest BCUT2D eigenvalue weighted by Gasteiger charge is -2.24. The Labute approximate surface area is 86.3 Å². The van der Waals surface area contributed by atoms with Crippen molar-refractivity contribution in [1.29, 1.82) is 0 Å². The molecule has 1 rings (SSSR count). The van der Waals surface area contributed by atoms with E-state index in [2.05, 4.69) is 39.4 Å². The molecule has 1 amide bonds. The van der Waals surface area contributed by atoms with Gasteiger partial charge in [-0.2, -0.15) is 0 Å². The van der Waals surface area contributed by atoms with Gasteiger partial charge < -0.3 is 9.64 Å². The fraction of sp³-hybridized carbons (Fsp3) is 0.625. The van der Waals surface area contributed by atoms with Crippen LogP contribution < -0.4 is 0 Å². The van der Waals surface area contributed by atoms with Gasteiger partial charge in [0.1, 0.15) is 6.67 Å². The summed E-state index contributed by atoms with van der Waals surface area (Å²) in [6.07, 6.45) is 1.39. The monoisotopic (exact) mass is 248 g/mol. The second kappa shape index (κ2) is 4.00. The van der Waals surface area contributed by atoms with Gasteiger partial charge in [0.2, 0.25) is 0 Å². The van der Waals surface area contributed by atoms with Crippen LogP contribution in [0.15, 0.2) is 10.8 Å². The van der Waals surface area contributed by atoms with Gasteiger partial charge in [0.25, 0.3) is 0 Å². The average Bonchev–Trinajstić information content (AvgIpc) is 2.46. The first-order valence-electron chi connectivity index (χ1n) is 4.04. The molecular formula is C8H13BrN2O2. The fourth-order valence-corrected chi connectivity index (χ4v) is 1.88. The molecule has 0 fully saturated rings. The molecule has 0 unspecified atom stereocenters. The smallest absolute Gasteiger partial charge is 0.415 e. The highest BCUT2D eigenvalue weighted by atomic mass is 79.9. The normalized spacial score (nSPS) is 16.5. The van der Waals surface area contributed by atoms with E-state index in [1.54, 1.807) is 6.20 Å². The second-order valence-corrected chi connectivity index (χ2v) is 3.91. The molecule has 74 valence electrons. The Kier molecular flexibility index (Phi) is 3.19. The van der Waals surface area contributed by atoms with Crippen molar-refractivity contribution in [1.82, 2.24) is 9.80 Å². The molecule has 4 nitrogen and oxygen atoms in total. The van der Waals surface area contributed by atoms with Crippen LogP contribution in [0.4, 0.5) is 4.79 Å². The lowest BCUT2D eigenvalue weighted by atomic mass is 10.4. The summed E-state index contributed by atoms with van der Waals surface area (Å²) in [6.45, 7) is 4.68. The molecule has 0 saturated heterocycles. The molecule has 0 N–H and O–H groups in total. The van der Waals surface area contributed by atoms with E-state index in [9.17, 15) is 4.79 Å². The van der Waals surface area contributed by atoms with Crippen LogP contribution in [0.3, 0.4) is 0 Å². The second-order valence-electron chi connectivity index (χ2n) is 3.10. The predicted octanol–water partition coefficient (Wildman–Crippen LogP) is 1.93. The molecule has 0 saturated carbocycles. The van der Waals surface area contributed by atoms with Crippen LogP contribution in [0.2, 0.25) is 0 Å². The number of carbonyl (C=O) groups excluding carboxylic acids is 1. The van der Waals surface area contributed by atoms with Crippen molar-refractivity contribution in [3.8, 4) is 0 Å². The summed E-state index contributed by atoms with van der Waals surface area (Å²) in [5, 5.41) is 0. The van der Waals surface area contributed by atoms with Gasteiger partial charge in [0.15, 0.2) is 0 Å². The number of carbonyl (C=O) groups is 1. The molecular weight excluding hydrogens is 236 g/mol. The van der Waals surface area contributed by atoms with Crippen LogP contribution >= 0.6 is 15.9 Å². The van der Waals surface area contributed by atoms with Crippen LogP contribution in [0.5, 0.6) is 0 Å². The Bertz CT molecular complexity index is 240. The molecule has 0 aromatic rings. The Morgan fingerprint density at radius 2 is 2.31 bits per heavy atom. The van der Waals surface area contributed by atoms with Crippen LogP contribution in [0.25, 0.3) is 0 Å². The van der Waals surface area contributed by atoms with Crippen molar-refractivity contribution < 1.29 is 9.53 Å². The molecule has 0 bridgehead atoms. The molecule has 0 radical (unpaired) electrons. The lowest BCUT2D eigenvalue weighted by Crippen LogP contribution is -2.34. The molecule has 1 aliphatic rings. The Morgan fingerprint density at radius 3 is 2.69 bits per heavy atom. The van der Waals surface area contributed by atoms with Crippen LogP contribution in [0, 0.1) is 0 Å². The number of halogens is 1. The zero-order valence-corrected chi connectivity index (χ0v) is 9.54. The zero-order chi connectivity index (χ0) is 10.0. The predicted molar refractivity (Wildman–Crippen MR) is 53.1 cm³/mol. The quantitative estimate of drug-likeness (QED) is 0.665. The summed E-state index contributed by atoms with van der Waals surface area (Å²) in [5.41, 5.74) is 0. The highest BCUT2D eigenvalue weighted by Gasteiger charge is 2.25. The molecule has 0 aliphatic carbocycles. The van der Waals surface area contributed by atoms with Crippen molar-refractivity contribution in [2.45, 2.75) is 19.9 Å². The first-order valence-corrected chi connectivity index (χ1v) is 4.84. The van der Waals surface area contributed by atoms with E-state index in [-0.39, 0.29) is 6.09 Å². The SMILES string of the molecule is COC(=O)N1C=C(Br)N(C(C)C)C1. The number of hydrogen-bond acceptors (Lipinski definition) is 3. The Morgan fingerprint density at radius 1 is 1.69 bits per heavy atom. The summed E-state index contributed by atoms with van der Waals surface area (Å²) in [5.74, 6) is 0. The van der Waals surface area contributed by atoms with E-state index >= 15 is 0 Å². The number of ether oxygens (including phenoxy) is 1. The highest BCUT2D eigenvalue weighted by molar-refractivity contribution is 9.11. The van der Waals surface area contributed by atoms with Gasteiger partial charge >= 0.3 is 6.09 Å². The summed E-state index contributed by atoms with van der Waals surface area (Å²) in [6, 6.07) is 0.361. The van der Waals surface area contributed by atoms with Gasteiger partial charge in [-0.1, -0.05) is 0 Å². The first kappa shape index (κ1) is 10.4. The maximum Gasteiger partial charge on any atom is 0.415 e. The minimum absolute atomic E-state index is 0.333. The van der Waals surface area contributed by atoms with Crippen molar-refractivity contribution in [2.24, 2.45) is 0 Å². The van der Waals surface area contributed by atoms with Crippen LogP contribution in [0.1, 0.15) is 13.8 Å². The largest absolute Gasteiger partial charge is 0.452 e. The number of rotatable bonds is 1. The topological polar surface area (TPSA) is 32.8 Å². The first-order chi connectivity index (χ1) is 6.06. The Hall–Kier alpha value is -0.710. The minimum Gasteiger partial charge on any atom is -0.452 e. The molecule has 1 aliphatic heterocycles. The van der Waals surface area contributed by atoms with Gasteiger partial charge in [-0.05, 0) is 29.8 Å². The maximum absolute atomic E-state index is 11.1. The number of hydrogen-bond donors (Lipinski definition) is 0. The summed E-state index contributed by atoms with van der Waals surface area (Å²) >= 11 is 3.38. The molecule has 0 aromatic heterocycles. The summed E-state index contributed by atoms with van der Waals surface area (Å²) < 4.78 is 5.52. The van der Waals surface area contributed by atoms with Crippen LogP contribution in [-0.2, 0) is 4.74 Å². The molecule has 0 atom stereocenters. The van der Waals surface area contributed by atoms with Crippen molar-refractivity contribution in [2.75, 3.05) is 13.8 Å². The van der Waals surface area contributed by atoms with Crippen LogP contribution in [-0.4, -0.2) is 35.7 Å². The third-order valence-electron chi connectivity index (χ3n) is 1.87. The zero-order valence-electron chi connectivity index (χ0n) is 7.95. The van der Waals surface area contributed by atoms with Gasteiger partial charge in [-0.3, -0.25) is 4.90 Å². The van der Waals surface area contributed by atoms with E-state index < -0.39 is 0 Å².